The van der Waals surface area contributed by atoms with Gasteiger partial charge in [-0.1, -0.05) is 13.8 Å². The maximum absolute atomic E-state index is 11.8. The minimum absolute atomic E-state index is 0.100. The van der Waals surface area contributed by atoms with E-state index in [0.717, 1.165) is 31.8 Å². The standard InChI is InChI=1S/C15H26N4O2/c1-10(2)14-17-18-15(21-14)12-5-7-19(8-6-12)9-13(20)16-11(3)4/h10-12H,5-9H2,1-4H3,(H,16,20). The lowest BCUT2D eigenvalue weighted by molar-refractivity contribution is -0.123. The summed E-state index contributed by atoms with van der Waals surface area (Å²) in [6.45, 7) is 10.3. The Bertz CT molecular complexity index is 462. The molecular weight excluding hydrogens is 268 g/mol. The maximum atomic E-state index is 11.8. The fraction of sp³-hybridized carbons (Fsp3) is 0.800. The van der Waals surface area contributed by atoms with E-state index in [1.807, 2.05) is 27.7 Å². The lowest BCUT2D eigenvalue weighted by atomic mass is 9.97. The van der Waals surface area contributed by atoms with Gasteiger partial charge in [0.25, 0.3) is 0 Å². The van der Waals surface area contributed by atoms with Gasteiger partial charge in [0, 0.05) is 17.9 Å². The maximum Gasteiger partial charge on any atom is 0.234 e. The van der Waals surface area contributed by atoms with Gasteiger partial charge in [-0.05, 0) is 39.8 Å². The van der Waals surface area contributed by atoms with Crippen LogP contribution in [0.4, 0.5) is 0 Å². The lowest BCUT2D eigenvalue weighted by Crippen LogP contribution is -2.43. The highest BCUT2D eigenvalue weighted by atomic mass is 16.4. The molecule has 0 bridgehead atoms. The second-order valence-corrected chi connectivity index (χ2v) is 6.41. The van der Waals surface area contributed by atoms with Crippen molar-refractivity contribution in [2.24, 2.45) is 0 Å². The largest absolute Gasteiger partial charge is 0.425 e. The summed E-state index contributed by atoms with van der Waals surface area (Å²) in [6.07, 6.45) is 1.93. The topological polar surface area (TPSA) is 71.3 Å². The monoisotopic (exact) mass is 294 g/mol. The van der Waals surface area contributed by atoms with Crippen LogP contribution in [0, 0.1) is 0 Å². The quantitative estimate of drug-likeness (QED) is 0.898. The van der Waals surface area contributed by atoms with Crippen molar-refractivity contribution in [2.75, 3.05) is 19.6 Å². The summed E-state index contributed by atoms with van der Waals surface area (Å²) in [6, 6.07) is 0.197. The SMILES string of the molecule is CC(C)NC(=O)CN1CCC(c2nnc(C(C)C)o2)CC1. The van der Waals surface area contributed by atoms with E-state index in [2.05, 4.69) is 20.4 Å². The molecule has 1 fully saturated rings. The lowest BCUT2D eigenvalue weighted by Gasteiger charge is -2.29. The summed E-state index contributed by atoms with van der Waals surface area (Å²) >= 11 is 0. The van der Waals surface area contributed by atoms with E-state index in [4.69, 9.17) is 4.42 Å². The van der Waals surface area contributed by atoms with Crippen LogP contribution in [0.2, 0.25) is 0 Å². The molecule has 0 saturated carbocycles. The van der Waals surface area contributed by atoms with Crippen molar-refractivity contribution in [1.29, 1.82) is 0 Å². The molecule has 1 aromatic rings. The normalized spacial score (nSPS) is 17.6. The molecule has 0 aromatic carbocycles. The van der Waals surface area contributed by atoms with Crippen LogP contribution in [-0.2, 0) is 4.79 Å². The predicted molar refractivity (Wildman–Crippen MR) is 80.1 cm³/mol. The molecule has 1 saturated heterocycles. The van der Waals surface area contributed by atoms with Gasteiger partial charge in [-0.2, -0.15) is 0 Å². The van der Waals surface area contributed by atoms with Gasteiger partial charge >= 0.3 is 0 Å². The number of aromatic nitrogens is 2. The molecule has 1 aliphatic rings. The molecule has 1 amide bonds. The number of hydrogen-bond donors (Lipinski definition) is 1. The highest BCUT2D eigenvalue weighted by molar-refractivity contribution is 5.78. The van der Waals surface area contributed by atoms with Crippen LogP contribution in [-0.4, -0.2) is 46.7 Å². The Hall–Kier alpha value is -1.43. The number of carbonyl (C=O) groups excluding carboxylic acids is 1. The van der Waals surface area contributed by atoms with E-state index in [-0.39, 0.29) is 17.9 Å². The second-order valence-electron chi connectivity index (χ2n) is 6.41. The Balaban J connectivity index is 1.81. The van der Waals surface area contributed by atoms with Crippen LogP contribution in [0.5, 0.6) is 0 Å². The molecule has 0 unspecified atom stereocenters. The zero-order chi connectivity index (χ0) is 15.4. The number of piperidine rings is 1. The third-order valence-electron chi connectivity index (χ3n) is 3.70. The highest BCUT2D eigenvalue weighted by Crippen LogP contribution is 2.28. The van der Waals surface area contributed by atoms with Crippen molar-refractivity contribution in [3.8, 4) is 0 Å². The van der Waals surface area contributed by atoms with Crippen LogP contribution in [0.1, 0.15) is 64.2 Å². The van der Waals surface area contributed by atoms with E-state index in [1.54, 1.807) is 0 Å². The number of rotatable bonds is 5. The van der Waals surface area contributed by atoms with Crippen molar-refractivity contribution in [1.82, 2.24) is 20.4 Å². The van der Waals surface area contributed by atoms with Crippen LogP contribution in [0.15, 0.2) is 4.42 Å². The van der Waals surface area contributed by atoms with E-state index < -0.39 is 0 Å². The van der Waals surface area contributed by atoms with Gasteiger partial charge in [0.1, 0.15) is 0 Å². The van der Waals surface area contributed by atoms with Crippen molar-refractivity contribution >= 4 is 5.91 Å². The van der Waals surface area contributed by atoms with E-state index in [9.17, 15) is 4.79 Å². The minimum Gasteiger partial charge on any atom is -0.425 e. The molecule has 2 heterocycles. The van der Waals surface area contributed by atoms with Gasteiger partial charge in [-0.3, -0.25) is 9.69 Å². The summed E-state index contributed by atoms with van der Waals surface area (Å²) in [5.74, 6) is 2.16. The minimum atomic E-state index is 0.100. The molecule has 0 spiro atoms. The van der Waals surface area contributed by atoms with Crippen LogP contribution < -0.4 is 5.32 Å². The van der Waals surface area contributed by atoms with E-state index >= 15 is 0 Å². The third-order valence-corrected chi connectivity index (χ3v) is 3.70. The Morgan fingerprint density at radius 1 is 1.29 bits per heavy atom. The Morgan fingerprint density at radius 2 is 1.95 bits per heavy atom. The van der Waals surface area contributed by atoms with Gasteiger partial charge in [-0.15, -0.1) is 10.2 Å². The van der Waals surface area contributed by atoms with Gasteiger partial charge in [0.2, 0.25) is 17.7 Å². The van der Waals surface area contributed by atoms with Crippen LogP contribution in [0.25, 0.3) is 0 Å². The summed E-state index contributed by atoms with van der Waals surface area (Å²) in [5.41, 5.74) is 0. The molecule has 0 aliphatic carbocycles. The van der Waals surface area contributed by atoms with E-state index in [1.165, 1.54) is 0 Å². The molecule has 2 rings (SSSR count). The summed E-state index contributed by atoms with van der Waals surface area (Å²) < 4.78 is 5.73. The van der Waals surface area contributed by atoms with Gasteiger partial charge in [0.15, 0.2) is 0 Å². The van der Waals surface area contributed by atoms with Gasteiger partial charge in [-0.25, -0.2) is 0 Å². The highest BCUT2D eigenvalue weighted by Gasteiger charge is 2.26. The van der Waals surface area contributed by atoms with Crippen LogP contribution in [0.3, 0.4) is 0 Å². The number of likely N-dealkylation sites (tertiary alicyclic amines) is 1. The first-order valence-corrected chi connectivity index (χ1v) is 7.80. The van der Waals surface area contributed by atoms with Crippen molar-refractivity contribution in [2.45, 2.75) is 58.4 Å². The first-order valence-electron chi connectivity index (χ1n) is 7.80. The smallest absolute Gasteiger partial charge is 0.234 e. The number of carbonyl (C=O) groups is 1. The van der Waals surface area contributed by atoms with Crippen molar-refractivity contribution in [3.63, 3.8) is 0 Å². The molecular formula is C15H26N4O2. The fourth-order valence-corrected chi connectivity index (χ4v) is 2.55. The fourth-order valence-electron chi connectivity index (χ4n) is 2.55. The molecule has 6 heteroatoms. The molecule has 21 heavy (non-hydrogen) atoms. The van der Waals surface area contributed by atoms with Crippen molar-refractivity contribution in [3.05, 3.63) is 11.8 Å². The predicted octanol–water partition coefficient (Wildman–Crippen LogP) is 1.90. The number of nitrogens with zero attached hydrogens (tertiary/aromatic N) is 3. The summed E-state index contributed by atoms with van der Waals surface area (Å²) in [7, 11) is 0. The molecule has 0 atom stereocenters. The first-order chi connectivity index (χ1) is 9.95. The summed E-state index contributed by atoms with van der Waals surface area (Å²) in [5, 5.41) is 11.2. The van der Waals surface area contributed by atoms with Crippen LogP contribution >= 0.6 is 0 Å². The average Bonchev–Trinajstić information content (AvgIpc) is 2.88. The Kier molecular flexibility index (Phi) is 5.33. The second kappa shape index (κ2) is 7.02. The van der Waals surface area contributed by atoms with E-state index in [0.29, 0.717) is 18.4 Å². The molecule has 0 radical (unpaired) electrons. The van der Waals surface area contributed by atoms with Gasteiger partial charge in [0.05, 0.1) is 6.54 Å². The number of amides is 1. The number of hydrogen-bond acceptors (Lipinski definition) is 5. The molecule has 1 aliphatic heterocycles. The molecule has 118 valence electrons. The number of nitrogens with one attached hydrogen (secondary N) is 1. The Labute approximate surface area is 126 Å². The zero-order valence-electron chi connectivity index (χ0n) is 13.4. The zero-order valence-corrected chi connectivity index (χ0v) is 13.4. The molecule has 1 aromatic heterocycles. The van der Waals surface area contributed by atoms with Crippen molar-refractivity contribution < 1.29 is 9.21 Å². The summed E-state index contributed by atoms with van der Waals surface area (Å²) in [4.78, 5) is 13.9. The average molecular weight is 294 g/mol. The Morgan fingerprint density at radius 3 is 2.48 bits per heavy atom. The molecule has 1 N–H and O–H groups in total. The third kappa shape index (κ3) is 4.52. The molecule has 6 nitrogen and oxygen atoms in total. The first kappa shape index (κ1) is 15.9. The van der Waals surface area contributed by atoms with Gasteiger partial charge < -0.3 is 9.73 Å².